The molecule has 0 saturated carbocycles. The number of ether oxygens (including phenoxy) is 2. The molecule has 0 atom stereocenters. The summed E-state index contributed by atoms with van der Waals surface area (Å²) in [5, 5.41) is 3.26. The minimum absolute atomic E-state index is 0.557. The molecule has 2 heterocycles. The van der Waals surface area contributed by atoms with Gasteiger partial charge in [0.15, 0.2) is 17.3 Å². The van der Waals surface area contributed by atoms with Crippen LogP contribution in [0.1, 0.15) is 13.3 Å². The van der Waals surface area contributed by atoms with Crippen LogP contribution in [-0.2, 0) is 0 Å². The number of anilines is 1. The van der Waals surface area contributed by atoms with Crippen molar-refractivity contribution in [2.45, 2.75) is 13.3 Å². The van der Waals surface area contributed by atoms with Crippen LogP contribution in [0.15, 0.2) is 28.9 Å². The predicted molar refractivity (Wildman–Crippen MR) is 84.9 cm³/mol. The molecule has 0 unspecified atom stereocenters. The van der Waals surface area contributed by atoms with Crippen molar-refractivity contribution in [3.8, 4) is 22.9 Å². The molecule has 1 N–H and O–H groups in total. The molecule has 0 aliphatic carbocycles. The Labute approximate surface area is 131 Å². The minimum atomic E-state index is 0.557. The number of aromatic nitrogens is 2. The summed E-state index contributed by atoms with van der Waals surface area (Å²) >= 11 is 3.51. The van der Waals surface area contributed by atoms with Gasteiger partial charge < -0.3 is 14.8 Å². The van der Waals surface area contributed by atoms with E-state index in [0.29, 0.717) is 19.0 Å². The van der Waals surface area contributed by atoms with Crippen molar-refractivity contribution in [2.75, 3.05) is 25.1 Å². The summed E-state index contributed by atoms with van der Waals surface area (Å²) in [4.78, 5) is 8.87. The molecule has 0 spiro atoms. The molecule has 1 aromatic heterocycles. The van der Waals surface area contributed by atoms with Crippen LogP contribution in [0.5, 0.6) is 11.5 Å². The molecule has 0 fully saturated rings. The van der Waals surface area contributed by atoms with Crippen LogP contribution in [-0.4, -0.2) is 29.7 Å². The van der Waals surface area contributed by atoms with Crippen molar-refractivity contribution in [3.63, 3.8) is 0 Å². The molecule has 0 saturated heterocycles. The first kappa shape index (κ1) is 14.1. The van der Waals surface area contributed by atoms with Gasteiger partial charge in [-0.25, -0.2) is 9.97 Å². The molecule has 5 nitrogen and oxygen atoms in total. The highest BCUT2D eigenvalue weighted by atomic mass is 79.9. The van der Waals surface area contributed by atoms with Crippen LogP contribution in [0.3, 0.4) is 0 Å². The van der Waals surface area contributed by atoms with E-state index < -0.39 is 0 Å². The summed E-state index contributed by atoms with van der Waals surface area (Å²) in [5.41, 5.74) is 0.895. The highest BCUT2D eigenvalue weighted by Gasteiger charge is 2.17. The van der Waals surface area contributed by atoms with Gasteiger partial charge in [0.1, 0.15) is 19.0 Å². The zero-order valence-electron chi connectivity index (χ0n) is 11.7. The Morgan fingerprint density at radius 3 is 3.00 bits per heavy atom. The third kappa shape index (κ3) is 3.10. The van der Waals surface area contributed by atoms with Crippen molar-refractivity contribution >= 4 is 21.7 Å². The van der Waals surface area contributed by atoms with Crippen molar-refractivity contribution in [1.29, 1.82) is 0 Å². The Kier molecular flexibility index (Phi) is 4.24. The third-order valence-electron chi connectivity index (χ3n) is 3.07. The Balaban J connectivity index is 1.95. The standard InChI is InChI=1S/C15H16BrN3O2/c1-2-4-17-13-3-5-18-15(19-13)10-8-11(16)14-12(9-10)20-6-7-21-14/h3,5,8-9H,2,4,6-7H2,1H3,(H,17,18,19). The lowest BCUT2D eigenvalue weighted by atomic mass is 10.2. The lowest BCUT2D eigenvalue weighted by Gasteiger charge is -2.20. The number of hydrogen-bond donors (Lipinski definition) is 1. The molecule has 110 valence electrons. The Bertz CT molecular complexity index is 649. The lowest BCUT2D eigenvalue weighted by molar-refractivity contribution is 0.170. The highest BCUT2D eigenvalue weighted by molar-refractivity contribution is 9.10. The quantitative estimate of drug-likeness (QED) is 0.915. The van der Waals surface area contributed by atoms with E-state index in [1.807, 2.05) is 18.2 Å². The average Bonchev–Trinajstić information content (AvgIpc) is 2.53. The molecular weight excluding hydrogens is 334 g/mol. The Morgan fingerprint density at radius 2 is 2.14 bits per heavy atom. The topological polar surface area (TPSA) is 56.3 Å². The van der Waals surface area contributed by atoms with Gasteiger partial charge >= 0.3 is 0 Å². The number of fused-ring (bicyclic) bond motifs is 1. The van der Waals surface area contributed by atoms with E-state index in [1.165, 1.54) is 0 Å². The van der Waals surface area contributed by atoms with Gasteiger partial charge in [-0.15, -0.1) is 0 Å². The zero-order valence-corrected chi connectivity index (χ0v) is 13.3. The number of benzene rings is 1. The second kappa shape index (κ2) is 6.30. The molecule has 1 aliphatic rings. The molecule has 0 bridgehead atoms. The van der Waals surface area contributed by atoms with E-state index in [-0.39, 0.29) is 0 Å². The SMILES string of the molecule is CCCNc1ccnc(-c2cc(Br)c3c(c2)OCCO3)n1. The number of nitrogens with zero attached hydrogens (tertiary/aromatic N) is 2. The monoisotopic (exact) mass is 349 g/mol. The van der Waals surface area contributed by atoms with Gasteiger partial charge in [0.05, 0.1) is 4.47 Å². The first-order chi connectivity index (χ1) is 10.3. The maximum Gasteiger partial charge on any atom is 0.175 e. The van der Waals surface area contributed by atoms with Gasteiger partial charge in [-0.05, 0) is 40.5 Å². The second-order valence-electron chi connectivity index (χ2n) is 4.67. The number of nitrogens with one attached hydrogen (secondary N) is 1. The fourth-order valence-corrected chi connectivity index (χ4v) is 2.65. The molecule has 0 radical (unpaired) electrons. The van der Waals surface area contributed by atoms with E-state index in [9.17, 15) is 0 Å². The van der Waals surface area contributed by atoms with Gasteiger partial charge in [-0.1, -0.05) is 6.92 Å². The van der Waals surface area contributed by atoms with Crippen molar-refractivity contribution < 1.29 is 9.47 Å². The van der Waals surface area contributed by atoms with Crippen molar-refractivity contribution in [3.05, 3.63) is 28.9 Å². The normalized spacial score (nSPS) is 13.0. The number of halogens is 1. The molecule has 3 rings (SSSR count). The summed E-state index contributed by atoms with van der Waals surface area (Å²) in [5.74, 6) is 2.95. The van der Waals surface area contributed by atoms with Crippen LogP contribution in [0.4, 0.5) is 5.82 Å². The Hall–Kier alpha value is -1.82. The summed E-state index contributed by atoms with van der Waals surface area (Å²) < 4.78 is 12.1. The first-order valence-corrected chi connectivity index (χ1v) is 7.73. The van der Waals surface area contributed by atoms with Crippen molar-refractivity contribution in [2.24, 2.45) is 0 Å². The summed E-state index contributed by atoms with van der Waals surface area (Å²) in [6.45, 7) is 4.13. The molecular formula is C15H16BrN3O2. The van der Waals surface area contributed by atoms with Gasteiger partial charge in [0, 0.05) is 18.3 Å². The maximum absolute atomic E-state index is 5.64. The maximum atomic E-state index is 5.64. The van der Waals surface area contributed by atoms with E-state index in [4.69, 9.17) is 9.47 Å². The number of rotatable bonds is 4. The number of hydrogen-bond acceptors (Lipinski definition) is 5. The third-order valence-corrected chi connectivity index (χ3v) is 3.66. The predicted octanol–water partition coefficient (Wildman–Crippen LogP) is 3.50. The van der Waals surface area contributed by atoms with Crippen LogP contribution in [0.25, 0.3) is 11.4 Å². The van der Waals surface area contributed by atoms with Crippen LogP contribution >= 0.6 is 15.9 Å². The second-order valence-corrected chi connectivity index (χ2v) is 5.53. The fourth-order valence-electron chi connectivity index (χ4n) is 2.09. The molecule has 21 heavy (non-hydrogen) atoms. The van der Waals surface area contributed by atoms with Crippen LogP contribution in [0, 0.1) is 0 Å². The highest BCUT2D eigenvalue weighted by Crippen LogP contribution is 2.40. The van der Waals surface area contributed by atoms with Crippen molar-refractivity contribution in [1.82, 2.24) is 9.97 Å². The lowest BCUT2D eigenvalue weighted by Crippen LogP contribution is -2.15. The zero-order chi connectivity index (χ0) is 14.7. The summed E-state index contributed by atoms with van der Waals surface area (Å²) in [6.07, 6.45) is 2.81. The van der Waals surface area contributed by atoms with E-state index in [1.54, 1.807) is 6.20 Å². The summed E-state index contributed by atoms with van der Waals surface area (Å²) in [6, 6.07) is 5.73. The molecule has 2 aromatic rings. The molecule has 1 aliphatic heterocycles. The smallest absolute Gasteiger partial charge is 0.175 e. The average molecular weight is 350 g/mol. The van der Waals surface area contributed by atoms with Gasteiger partial charge in [-0.2, -0.15) is 0 Å². The molecule has 6 heteroatoms. The van der Waals surface area contributed by atoms with Gasteiger partial charge in [0.25, 0.3) is 0 Å². The molecule has 1 aromatic carbocycles. The van der Waals surface area contributed by atoms with Crippen LogP contribution < -0.4 is 14.8 Å². The van der Waals surface area contributed by atoms with E-state index in [2.05, 4.69) is 38.1 Å². The minimum Gasteiger partial charge on any atom is -0.486 e. The van der Waals surface area contributed by atoms with E-state index >= 15 is 0 Å². The van der Waals surface area contributed by atoms with Gasteiger partial charge in [0.2, 0.25) is 0 Å². The molecule has 0 amide bonds. The van der Waals surface area contributed by atoms with Gasteiger partial charge in [-0.3, -0.25) is 0 Å². The summed E-state index contributed by atoms with van der Waals surface area (Å²) in [7, 11) is 0. The first-order valence-electron chi connectivity index (χ1n) is 6.94. The van der Waals surface area contributed by atoms with E-state index in [0.717, 1.165) is 40.3 Å². The van der Waals surface area contributed by atoms with Crippen LogP contribution in [0.2, 0.25) is 0 Å². The largest absolute Gasteiger partial charge is 0.486 e. The Morgan fingerprint density at radius 1 is 1.29 bits per heavy atom. The fraction of sp³-hybridized carbons (Fsp3) is 0.333.